The van der Waals surface area contributed by atoms with Crippen molar-refractivity contribution >= 4 is 28.9 Å². The van der Waals surface area contributed by atoms with E-state index in [4.69, 9.17) is 4.42 Å². The summed E-state index contributed by atoms with van der Waals surface area (Å²) in [5, 5.41) is 1.25. The maximum absolute atomic E-state index is 9.75. The molecule has 1 saturated carbocycles. The van der Waals surface area contributed by atoms with Gasteiger partial charge in [-0.25, -0.2) is 0 Å². The first-order valence-corrected chi connectivity index (χ1v) is 7.44. The van der Waals surface area contributed by atoms with E-state index in [2.05, 4.69) is 18.2 Å². The van der Waals surface area contributed by atoms with Gasteiger partial charge < -0.3 is 17.3 Å². The largest absolute Gasteiger partial charge is 0.673 e. The third-order valence-corrected chi connectivity index (χ3v) is 4.38. The van der Waals surface area contributed by atoms with Crippen LogP contribution in [0.3, 0.4) is 0 Å². The number of hydrogen-bond acceptors (Lipinski definition) is 1. The highest BCUT2D eigenvalue weighted by Gasteiger charge is 2.28. The maximum Gasteiger partial charge on any atom is 0.673 e. The quantitative estimate of drug-likeness (QED) is 0.351. The van der Waals surface area contributed by atoms with Crippen molar-refractivity contribution in [3.63, 3.8) is 0 Å². The fourth-order valence-corrected chi connectivity index (χ4v) is 3.47. The minimum Gasteiger partial charge on any atom is -0.418 e. The number of para-hydroxylation sites is 1. The lowest BCUT2D eigenvalue weighted by atomic mass is 9.90. The number of benzene rings is 1. The first kappa shape index (κ1) is 15.3. The highest BCUT2D eigenvalue weighted by molar-refractivity contribution is 7.18. The van der Waals surface area contributed by atoms with E-state index in [0.717, 1.165) is 5.58 Å². The highest BCUT2D eigenvalue weighted by Crippen LogP contribution is 2.38. The van der Waals surface area contributed by atoms with Gasteiger partial charge >= 0.3 is 17.9 Å². The Morgan fingerprint density at radius 2 is 1.60 bits per heavy atom. The number of halogens is 4. The second-order valence-electron chi connectivity index (χ2n) is 4.80. The van der Waals surface area contributed by atoms with Crippen LogP contribution in [0.1, 0.15) is 43.1 Å². The van der Waals surface area contributed by atoms with E-state index in [1.807, 2.05) is 17.4 Å². The van der Waals surface area contributed by atoms with Gasteiger partial charge in [0.2, 0.25) is 0 Å². The van der Waals surface area contributed by atoms with Crippen LogP contribution in [-0.2, 0) is 0 Å². The van der Waals surface area contributed by atoms with Gasteiger partial charge in [0.25, 0.3) is 0 Å². The van der Waals surface area contributed by atoms with E-state index in [0.29, 0.717) is 5.92 Å². The molecule has 1 aromatic carbocycles. The third kappa shape index (κ3) is 4.78. The molecule has 1 aliphatic carbocycles. The van der Waals surface area contributed by atoms with Crippen molar-refractivity contribution in [1.29, 1.82) is 0 Å². The summed E-state index contributed by atoms with van der Waals surface area (Å²) in [4.78, 5) is 0. The Bertz CT molecular complexity index is 510. The van der Waals surface area contributed by atoms with Crippen LogP contribution < -0.4 is 0 Å². The molecular weight excluding hydrogens is 291 g/mol. The standard InChI is InChI=1S/C13H15OS.BF4/c1-2-6-10(7-3-1)13-14-11-8-4-5-9-12(11)15-13;2-1(3,4)5/h4-5,8-10H,1-3,6-7H2;/q+1;-1. The fourth-order valence-electron chi connectivity index (χ4n) is 2.36. The number of fused-ring (bicyclic) bond motifs is 1. The summed E-state index contributed by atoms with van der Waals surface area (Å²) in [5.41, 5.74) is 1.06. The van der Waals surface area contributed by atoms with Crippen LogP contribution >= 0.6 is 11.3 Å². The minimum absolute atomic E-state index is 0.691. The van der Waals surface area contributed by atoms with Crippen LogP contribution in [0.4, 0.5) is 17.3 Å². The molecule has 0 aliphatic heterocycles. The molecule has 1 aromatic heterocycles. The molecule has 0 atom stereocenters. The molecule has 2 aromatic rings. The predicted octanol–water partition coefficient (Wildman–Crippen LogP) is 6.12. The Kier molecular flexibility index (Phi) is 5.02. The molecule has 0 spiro atoms. The van der Waals surface area contributed by atoms with E-state index < -0.39 is 7.25 Å². The van der Waals surface area contributed by atoms with E-state index in [1.165, 1.54) is 41.9 Å². The lowest BCUT2D eigenvalue weighted by Crippen LogP contribution is -2.02. The minimum atomic E-state index is -6.00. The molecule has 1 nitrogen and oxygen atoms in total. The smallest absolute Gasteiger partial charge is 0.418 e. The van der Waals surface area contributed by atoms with Crippen molar-refractivity contribution in [3.8, 4) is 0 Å². The van der Waals surface area contributed by atoms with Gasteiger partial charge in [0.15, 0.2) is 0 Å². The van der Waals surface area contributed by atoms with Crippen LogP contribution in [0, 0.1) is 0 Å². The molecule has 0 amide bonds. The summed E-state index contributed by atoms with van der Waals surface area (Å²) >= 11 is 1.84. The van der Waals surface area contributed by atoms with E-state index in [1.54, 1.807) is 0 Å². The Morgan fingerprint density at radius 3 is 2.20 bits per heavy atom. The lowest BCUT2D eigenvalue weighted by Gasteiger charge is -2.13. The molecule has 0 unspecified atom stereocenters. The van der Waals surface area contributed by atoms with Crippen molar-refractivity contribution in [3.05, 3.63) is 29.3 Å². The third-order valence-electron chi connectivity index (χ3n) is 3.21. The van der Waals surface area contributed by atoms with Crippen LogP contribution in [0.25, 0.3) is 10.3 Å². The van der Waals surface area contributed by atoms with Crippen LogP contribution in [0.2, 0.25) is 0 Å². The maximum atomic E-state index is 9.75. The summed E-state index contributed by atoms with van der Waals surface area (Å²) in [5.74, 6) is 0.691. The molecule has 3 rings (SSSR count). The first-order chi connectivity index (χ1) is 9.43. The summed E-state index contributed by atoms with van der Waals surface area (Å²) in [6, 6.07) is 8.34. The zero-order valence-electron chi connectivity index (χ0n) is 10.8. The molecule has 1 aliphatic rings. The molecule has 1 fully saturated rings. The highest BCUT2D eigenvalue weighted by atomic mass is 32.1. The van der Waals surface area contributed by atoms with E-state index >= 15 is 0 Å². The molecular formula is C13H15BF4OS. The Labute approximate surface area is 118 Å². The molecule has 0 saturated heterocycles. The average Bonchev–Trinajstić information content (AvgIpc) is 2.81. The van der Waals surface area contributed by atoms with Gasteiger partial charge in [0, 0.05) is 6.07 Å². The van der Waals surface area contributed by atoms with Crippen molar-refractivity contribution in [1.82, 2.24) is 0 Å². The van der Waals surface area contributed by atoms with Crippen molar-refractivity contribution in [2.24, 2.45) is 0 Å². The predicted molar refractivity (Wildman–Crippen MR) is 74.5 cm³/mol. The lowest BCUT2D eigenvalue weighted by molar-refractivity contribution is 0.368. The molecule has 7 heteroatoms. The monoisotopic (exact) mass is 306 g/mol. The summed E-state index contributed by atoms with van der Waals surface area (Å²) in [6.07, 6.45) is 6.77. The fraction of sp³-hybridized carbons (Fsp3) is 0.462. The Morgan fingerprint density at radius 1 is 1.00 bits per heavy atom. The first-order valence-electron chi connectivity index (χ1n) is 6.62. The summed E-state index contributed by atoms with van der Waals surface area (Å²) in [7, 11) is -6.00. The van der Waals surface area contributed by atoms with Gasteiger partial charge in [-0.2, -0.15) is 4.42 Å². The van der Waals surface area contributed by atoms with Crippen LogP contribution in [-0.4, -0.2) is 7.25 Å². The molecule has 20 heavy (non-hydrogen) atoms. The normalized spacial score (nSPS) is 16.8. The van der Waals surface area contributed by atoms with Crippen molar-refractivity contribution in [2.45, 2.75) is 38.0 Å². The molecule has 0 N–H and O–H groups in total. The number of rotatable bonds is 1. The Hall–Kier alpha value is -1.11. The van der Waals surface area contributed by atoms with Gasteiger partial charge in [-0.3, -0.25) is 0 Å². The van der Waals surface area contributed by atoms with E-state index in [-0.39, 0.29) is 0 Å². The van der Waals surface area contributed by atoms with E-state index in [9.17, 15) is 17.3 Å². The number of hydrogen-bond donors (Lipinski definition) is 0. The Balaban J connectivity index is 0.000000257. The van der Waals surface area contributed by atoms with Gasteiger partial charge in [-0.05, 0) is 30.2 Å². The topological polar surface area (TPSA) is 11.3 Å². The molecule has 0 bridgehead atoms. The second-order valence-corrected chi connectivity index (χ2v) is 5.85. The van der Waals surface area contributed by atoms with Crippen molar-refractivity contribution < 1.29 is 21.7 Å². The second kappa shape index (κ2) is 6.56. The van der Waals surface area contributed by atoms with Gasteiger partial charge in [0.1, 0.15) is 4.70 Å². The van der Waals surface area contributed by atoms with Crippen molar-refractivity contribution in [2.75, 3.05) is 0 Å². The summed E-state index contributed by atoms with van der Waals surface area (Å²) in [6.45, 7) is 0. The molecule has 110 valence electrons. The molecule has 1 heterocycles. The zero-order chi connectivity index (χ0) is 14.6. The van der Waals surface area contributed by atoms with Crippen LogP contribution in [0.5, 0.6) is 0 Å². The average molecular weight is 306 g/mol. The molecule has 0 radical (unpaired) electrons. The van der Waals surface area contributed by atoms with Crippen LogP contribution in [0.15, 0.2) is 28.7 Å². The summed E-state index contributed by atoms with van der Waals surface area (Å²) < 4.78 is 46.2. The van der Waals surface area contributed by atoms with Gasteiger partial charge in [-0.15, -0.1) is 0 Å². The van der Waals surface area contributed by atoms with Gasteiger partial charge in [-0.1, -0.05) is 31.4 Å². The van der Waals surface area contributed by atoms with Gasteiger partial charge in [0.05, 0.1) is 5.92 Å². The SMILES string of the molecule is F[B-](F)(F)F.c1ccc2sc(C3CCCCC3)[o+]c2c1. The zero-order valence-corrected chi connectivity index (χ0v) is 11.6.